The molecular weight excluding hydrogens is 1710 g/mol. The number of benzene rings is 8. The summed E-state index contributed by atoms with van der Waals surface area (Å²) in [5, 5.41) is 24.9. The average molecular weight is 1860 g/mol. The number of likely N-dealkylation sites (tertiary alicyclic amines) is 4. The Balaban J connectivity index is 0.000000133. The van der Waals surface area contributed by atoms with Crippen LogP contribution in [0.5, 0.6) is 11.5 Å². The third kappa shape index (κ3) is 29.4. The highest BCUT2D eigenvalue weighted by molar-refractivity contribution is 5.94. The molecular formula is C110H150N24O3. The minimum atomic E-state index is 0.370. The number of aromatic nitrogens is 8. The van der Waals surface area contributed by atoms with Gasteiger partial charge in [0.15, 0.2) is 11.5 Å². The van der Waals surface area contributed by atoms with E-state index in [1.54, 1.807) is 7.11 Å². The molecule has 12 aromatic rings. The van der Waals surface area contributed by atoms with Crippen LogP contribution < -0.4 is 62.8 Å². The highest BCUT2D eigenvalue weighted by atomic mass is 16.5. The van der Waals surface area contributed by atoms with Crippen molar-refractivity contribution in [3.8, 4) is 11.5 Å². The van der Waals surface area contributed by atoms with Gasteiger partial charge in [-0.2, -0.15) is 19.9 Å². The molecule has 7 aliphatic rings. The molecule has 0 bridgehead atoms. The van der Waals surface area contributed by atoms with Gasteiger partial charge in [0.1, 0.15) is 23.3 Å². The monoisotopic (exact) mass is 1860 g/mol. The maximum atomic E-state index is 6.11. The van der Waals surface area contributed by atoms with Crippen LogP contribution in [-0.4, -0.2) is 258 Å². The predicted octanol–water partition coefficient (Wildman–Crippen LogP) is 18.1. The molecule has 0 aliphatic carbocycles. The normalized spacial score (nSPS) is 17.9. The summed E-state index contributed by atoms with van der Waals surface area (Å²) < 4.78 is 17.3. The topological polar surface area (TPSA) is 281 Å². The number of fused-ring (bicyclic) bond motifs is 4. The highest BCUT2D eigenvalue weighted by Crippen LogP contribution is 2.39. The van der Waals surface area contributed by atoms with Crippen molar-refractivity contribution in [3.05, 3.63) is 229 Å². The number of hydrogen-bond donors (Lipinski definition) is 8. The largest absolute Gasteiger partial charge is 0.493 e. The number of morpholine rings is 1. The third-order valence-corrected chi connectivity index (χ3v) is 28.0. The maximum Gasteiger partial charge on any atom is 0.240 e. The van der Waals surface area contributed by atoms with Crippen LogP contribution in [0.3, 0.4) is 0 Å². The van der Waals surface area contributed by atoms with Gasteiger partial charge < -0.3 is 71.9 Å². The van der Waals surface area contributed by atoms with E-state index in [1.165, 1.54) is 54.4 Å². The first kappa shape index (κ1) is 98.8. The summed E-state index contributed by atoms with van der Waals surface area (Å²) in [4.78, 5) is 56.6. The number of methoxy groups -OCH3 is 1. The predicted molar refractivity (Wildman–Crippen MR) is 563 cm³/mol. The van der Waals surface area contributed by atoms with Crippen molar-refractivity contribution in [3.63, 3.8) is 0 Å². The van der Waals surface area contributed by atoms with E-state index < -0.39 is 0 Å². The number of nitrogens with two attached hydrogens (primary N) is 2. The van der Waals surface area contributed by atoms with E-state index in [4.69, 9.17) is 65.5 Å². The molecule has 7 saturated heterocycles. The van der Waals surface area contributed by atoms with Crippen molar-refractivity contribution in [1.29, 1.82) is 0 Å². The maximum absolute atomic E-state index is 6.11. The van der Waals surface area contributed by atoms with Gasteiger partial charge in [0.25, 0.3) is 0 Å². The Hall–Kier alpha value is -11.2. The second kappa shape index (κ2) is 52.0. The third-order valence-electron chi connectivity index (χ3n) is 28.0. The van der Waals surface area contributed by atoms with Gasteiger partial charge >= 0.3 is 0 Å². The van der Waals surface area contributed by atoms with E-state index in [2.05, 4.69) is 280 Å². The molecule has 8 aromatic carbocycles. The Morgan fingerprint density at radius 3 is 1.34 bits per heavy atom. The Kier molecular flexibility index (Phi) is 37.5. The van der Waals surface area contributed by atoms with Gasteiger partial charge in [0.05, 0.1) is 49.0 Å². The fourth-order valence-corrected chi connectivity index (χ4v) is 20.0. The number of hydrazine groups is 1. The van der Waals surface area contributed by atoms with Crippen molar-refractivity contribution in [1.82, 2.24) is 69.4 Å². The van der Waals surface area contributed by atoms with E-state index in [0.717, 1.165) is 319 Å². The number of ether oxygens (including phenoxy) is 3. The Morgan fingerprint density at radius 2 is 0.839 bits per heavy atom. The van der Waals surface area contributed by atoms with E-state index in [9.17, 15) is 0 Å². The first-order chi connectivity index (χ1) is 67.4. The molecule has 11 heterocycles. The summed E-state index contributed by atoms with van der Waals surface area (Å²) in [6.07, 6.45) is 22.6. The van der Waals surface area contributed by atoms with Crippen LogP contribution in [0, 0.1) is 0 Å². The molecule has 0 spiro atoms. The van der Waals surface area contributed by atoms with Crippen LogP contribution >= 0.6 is 0 Å². The lowest BCUT2D eigenvalue weighted by Gasteiger charge is -2.35. The van der Waals surface area contributed by atoms with E-state index in [1.807, 2.05) is 18.2 Å². The summed E-state index contributed by atoms with van der Waals surface area (Å²) in [6, 6.07) is 74.5. The number of hydrogen-bond acceptors (Lipinski definition) is 27. The minimum Gasteiger partial charge on any atom is -0.493 e. The molecule has 7 aliphatic heterocycles. The zero-order chi connectivity index (χ0) is 94.0. The van der Waals surface area contributed by atoms with Crippen molar-refractivity contribution in [2.75, 3.05) is 201 Å². The molecule has 0 saturated carbocycles. The number of para-hydroxylation sites is 3. The number of anilines is 8. The average Bonchev–Trinajstić information content (AvgIpc) is 0.771. The van der Waals surface area contributed by atoms with Crippen LogP contribution in [0.1, 0.15) is 164 Å². The smallest absolute Gasteiger partial charge is 0.240 e. The molecule has 1 atom stereocenters. The first-order valence-electron chi connectivity index (χ1n) is 51.3. The van der Waals surface area contributed by atoms with Gasteiger partial charge in [-0.25, -0.2) is 24.9 Å². The number of rotatable bonds is 36. The standard InChI is InChI=1S/C31H35N5.C29H52N8O2.C26H33N5.C24H30N6O/c1-3-9-24(10-4-1)23-35-19-17-27(18-20-35)32-30-28-13-7-8-14-29(28)33-31(34-30)36-21-15-26(16-22-36)25-11-5-2-6-12-25;1-36(2)16-10-15-32-29-34-25-22-27(39-20-9-5-7-14-31)26(38-3)21-24(25)28(35-29)33-23-11-18-37(19-12-23)17-8-4-6-13-30;1-20-9-7-8-16-31(20)26-28-24-13-6-5-12-23(24)25(29-26)27-22-14-17-30(18-15-22)19-21-10-3-2-4-11-21;1-2-6-19(7-3-1)18-29-12-10-20(11-13-29)25-23-21-8-4-5-9-22(21)26-24(27-23)28-30-14-16-31-17-15-30/h1-14,26-27H,15-23H2,(H,32,33,34);21-23H,4-20,30-31H2,1-3H3,(H2,32,33,34,35);2-6,10-13,20,22H,7-9,14-19H2,1H3,(H,27,28,29);1-9,20H,10-18H2,(H2,25,26,27,28). The van der Waals surface area contributed by atoms with Crippen LogP contribution in [0.2, 0.25) is 0 Å². The molecule has 27 heteroatoms. The summed E-state index contributed by atoms with van der Waals surface area (Å²) in [5.41, 5.74) is 24.1. The lowest BCUT2D eigenvalue weighted by Crippen LogP contribution is -2.41. The van der Waals surface area contributed by atoms with Crippen LogP contribution in [-0.2, 0) is 24.4 Å². The number of nitrogens with one attached hydrogen (secondary N) is 6. The van der Waals surface area contributed by atoms with Crippen molar-refractivity contribution in [2.24, 2.45) is 11.5 Å². The van der Waals surface area contributed by atoms with Crippen molar-refractivity contribution in [2.45, 2.75) is 191 Å². The molecule has 137 heavy (non-hydrogen) atoms. The van der Waals surface area contributed by atoms with Gasteiger partial charge in [-0.05, 0) is 240 Å². The quantitative estimate of drug-likeness (QED) is 0.0169. The lowest BCUT2D eigenvalue weighted by atomic mass is 9.90. The Bertz CT molecular complexity index is 5570. The van der Waals surface area contributed by atoms with Gasteiger partial charge in [0.2, 0.25) is 23.8 Å². The summed E-state index contributed by atoms with van der Waals surface area (Å²) in [7, 11) is 5.86. The highest BCUT2D eigenvalue weighted by Gasteiger charge is 2.30. The van der Waals surface area contributed by atoms with Crippen molar-refractivity contribution >= 4 is 90.7 Å². The first-order valence-corrected chi connectivity index (χ1v) is 51.3. The fraction of sp³-hybridized carbons (Fsp3) is 0.491. The van der Waals surface area contributed by atoms with E-state index in [0.29, 0.717) is 72.7 Å². The lowest BCUT2D eigenvalue weighted by molar-refractivity contribution is 0.0493. The minimum absolute atomic E-state index is 0.370. The summed E-state index contributed by atoms with van der Waals surface area (Å²) in [6.45, 7) is 25.5. The van der Waals surface area contributed by atoms with Crippen molar-refractivity contribution < 1.29 is 14.2 Å². The number of unbranched alkanes of at least 4 members (excludes halogenated alkanes) is 4. The number of piperidine rings is 6. The number of nitrogens with zero attached hydrogens (tertiary/aromatic N) is 16. The van der Waals surface area contributed by atoms with Gasteiger partial charge in [-0.3, -0.25) is 20.1 Å². The summed E-state index contributed by atoms with van der Waals surface area (Å²) >= 11 is 0. The molecule has 4 aromatic heterocycles. The molecule has 1 unspecified atom stereocenters. The van der Waals surface area contributed by atoms with Crippen LogP contribution in [0.15, 0.2) is 206 Å². The molecule has 10 N–H and O–H groups in total. The Labute approximate surface area is 812 Å². The molecule has 7 fully saturated rings. The molecule has 728 valence electrons. The van der Waals surface area contributed by atoms with Crippen LogP contribution in [0.25, 0.3) is 43.6 Å². The molecule has 0 amide bonds. The second-order valence-corrected chi connectivity index (χ2v) is 38.5. The van der Waals surface area contributed by atoms with Gasteiger partial charge in [-0.1, -0.05) is 164 Å². The molecule has 0 radical (unpaired) electrons. The second-order valence-electron chi connectivity index (χ2n) is 38.5. The van der Waals surface area contributed by atoms with Gasteiger partial charge in [0, 0.05) is 169 Å². The molecule has 19 rings (SSSR count). The zero-order valence-corrected chi connectivity index (χ0v) is 81.7. The van der Waals surface area contributed by atoms with Gasteiger partial charge in [-0.15, -0.1) is 0 Å². The Morgan fingerprint density at radius 1 is 0.394 bits per heavy atom. The SMILES string of the molecule is CC1CCCCN1c1nc(NC2CCN(Cc3ccccc3)CC2)c2ccccc2n1.COc1cc2c(NC3CCN(CCCCCN)CC3)nc(NCCCN(C)C)nc2cc1OCCCCCN.c1ccc(CN2CCC(Nc3nc(N4CCC(c5ccccc5)CC4)nc4ccccc34)CC2)cc1.c1ccc(CN2CCC(Nc3nc(NN4CCOCC4)nc4ccccc34)CC2)cc1. The van der Waals surface area contributed by atoms with E-state index in [-0.39, 0.29) is 0 Å². The zero-order valence-electron chi connectivity index (χ0n) is 81.7. The molecule has 27 nitrogen and oxygen atoms in total. The van der Waals surface area contributed by atoms with Crippen LogP contribution in [0.4, 0.5) is 47.1 Å². The fourth-order valence-electron chi connectivity index (χ4n) is 20.0. The van der Waals surface area contributed by atoms with E-state index >= 15 is 0 Å². The summed E-state index contributed by atoms with van der Waals surface area (Å²) in [5.74, 6) is 8.83.